The van der Waals surface area contributed by atoms with Gasteiger partial charge in [0.15, 0.2) is 6.23 Å². The first-order chi connectivity index (χ1) is 14.5. The van der Waals surface area contributed by atoms with E-state index in [-0.39, 0.29) is 10.1 Å². The number of ether oxygens (including phenoxy) is 1. The highest BCUT2D eigenvalue weighted by molar-refractivity contribution is 7.90. The largest absolute Gasteiger partial charge is 0.511 e. The molecule has 2 heterocycles. The van der Waals surface area contributed by atoms with Crippen molar-refractivity contribution in [3.8, 4) is 0 Å². The zero-order valence-electron chi connectivity index (χ0n) is 16.9. The van der Waals surface area contributed by atoms with E-state index in [0.717, 1.165) is 15.4 Å². The number of halogens is 4. The highest BCUT2D eigenvalue weighted by Crippen LogP contribution is 2.54. The molecule has 0 spiro atoms. The standard InChI is InChI=1S/C14H20ClF3N5O7PS/c1-9(24)19-11-4-5-23(13(25)20-11)12-7-22(32(27,28)14(16,17)18)6-10(30-12)8-29-31(15,26)21(2)3/h4-5,10,12H,6-8H2,1-3H3,(H,19,20,24,25)/t10-,12+,31+/m0/s1. The second-order valence-corrected chi connectivity index (χ2v) is 11.9. The highest BCUT2D eigenvalue weighted by Gasteiger charge is 2.52. The van der Waals surface area contributed by atoms with Gasteiger partial charge in [-0.15, -0.1) is 0 Å². The fraction of sp³-hybridized carbons (Fsp3) is 0.643. The molecule has 1 N–H and O–H groups in total. The molecule has 1 aromatic rings. The van der Waals surface area contributed by atoms with Crippen molar-refractivity contribution < 1.29 is 40.2 Å². The molecular formula is C14H20ClF3N5O7PS. The maximum atomic E-state index is 13.1. The molecule has 1 amide bonds. The van der Waals surface area contributed by atoms with Crippen molar-refractivity contribution in [2.24, 2.45) is 0 Å². The van der Waals surface area contributed by atoms with Gasteiger partial charge in [0.1, 0.15) is 5.82 Å². The number of anilines is 1. The Morgan fingerprint density at radius 3 is 2.56 bits per heavy atom. The third kappa shape index (κ3) is 6.27. The molecule has 32 heavy (non-hydrogen) atoms. The number of morpholine rings is 1. The van der Waals surface area contributed by atoms with Gasteiger partial charge in [0.2, 0.25) is 5.91 Å². The van der Waals surface area contributed by atoms with Crippen molar-refractivity contribution in [3.05, 3.63) is 22.7 Å². The number of hydrogen-bond donors (Lipinski definition) is 1. The molecule has 18 heteroatoms. The van der Waals surface area contributed by atoms with Gasteiger partial charge in [0.25, 0.3) is 0 Å². The lowest BCUT2D eigenvalue weighted by Gasteiger charge is -2.38. The average molecular weight is 526 g/mol. The molecule has 0 aliphatic carbocycles. The van der Waals surface area contributed by atoms with Crippen LogP contribution in [0.4, 0.5) is 19.0 Å². The summed E-state index contributed by atoms with van der Waals surface area (Å²) < 4.78 is 87.8. The number of sulfonamides is 1. The lowest BCUT2D eigenvalue weighted by molar-refractivity contribution is -0.120. The second-order valence-electron chi connectivity index (χ2n) is 6.76. The van der Waals surface area contributed by atoms with Crippen LogP contribution in [-0.4, -0.2) is 78.3 Å². The van der Waals surface area contributed by atoms with Gasteiger partial charge in [-0.2, -0.15) is 22.5 Å². The lowest BCUT2D eigenvalue weighted by Crippen LogP contribution is -2.54. The van der Waals surface area contributed by atoms with E-state index in [1.54, 1.807) is 0 Å². The highest BCUT2D eigenvalue weighted by atomic mass is 35.7. The van der Waals surface area contributed by atoms with Crippen molar-refractivity contribution in [2.45, 2.75) is 24.8 Å². The number of carbonyl (C=O) groups is 1. The maximum absolute atomic E-state index is 13.1. The van der Waals surface area contributed by atoms with Gasteiger partial charge in [-0.25, -0.2) is 17.9 Å². The monoisotopic (exact) mass is 525 g/mol. The number of rotatable bonds is 7. The predicted molar refractivity (Wildman–Crippen MR) is 106 cm³/mol. The molecule has 0 unspecified atom stereocenters. The summed E-state index contributed by atoms with van der Waals surface area (Å²) in [6, 6.07) is 1.17. The summed E-state index contributed by atoms with van der Waals surface area (Å²) in [6.07, 6.45) is -1.83. The zero-order valence-corrected chi connectivity index (χ0v) is 19.4. The number of aromatic nitrogens is 2. The second kappa shape index (κ2) is 9.75. The normalized spacial score (nSPS) is 22.5. The summed E-state index contributed by atoms with van der Waals surface area (Å²) in [5.74, 6) is -0.641. The first-order valence-electron chi connectivity index (χ1n) is 8.75. The molecule has 1 aliphatic heterocycles. The molecule has 1 saturated heterocycles. The summed E-state index contributed by atoms with van der Waals surface area (Å²) in [5, 5.41) is 2.26. The molecule has 0 bridgehead atoms. The Morgan fingerprint density at radius 2 is 2.06 bits per heavy atom. The Morgan fingerprint density at radius 1 is 1.44 bits per heavy atom. The van der Waals surface area contributed by atoms with Crippen LogP contribution in [0.2, 0.25) is 0 Å². The lowest BCUT2D eigenvalue weighted by atomic mass is 10.3. The van der Waals surface area contributed by atoms with Crippen LogP contribution in [0.1, 0.15) is 13.2 Å². The van der Waals surface area contributed by atoms with Crippen molar-refractivity contribution in [2.75, 3.05) is 39.1 Å². The Labute approximate surface area is 185 Å². The predicted octanol–water partition coefficient (Wildman–Crippen LogP) is 1.18. The van der Waals surface area contributed by atoms with Gasteiger partial charge in [-0.3, -0.25) is 13.9 Å². The van der Waals surface area contributed by atoms with E-state index < -0.39 is 66.0 Å². The first-order valence-corrected chi connectivity index (χ1v) is 12.7. The minimum Gasteiger partial charge on any atom is -0.349 e. The van der Waals surface area contributed by atoms with E-state index in [1.165, 1.54) is 27.1 Å². The maximum Gasteiger partial charge on any atom is 0.511 e. The number of nitrogens with one attached hydrogen (secondary N) is 1. The van der Waals surface area contributed by atoms with Crippen LogP contribution in [-0.2, 0) is 28.6 Å². The van der Waals surface area contributed by atoms with Crippen LogP contribution < -0.4 is 11.0 Å². The molecule has 3 atom stereocenters. The number of alkyl halides is 3. The number of nitrogens with zero attached hydrogens (tertiary/aromatic N) is 4. The minimum absolute atomic E-state index is 0.0815. The van der Waals surface area contributed by atoms with Crippen molar-refractivity contribution in [3.63, 3.8) is 0 Å². The summed E-state index contributed by atoms with van der Waals surface area (Å²) in [5.41, 5.74) is -6.63. The summed E-state index contributed by atoms with van der Waals surface area (Å²) >= 11 is 5.72. The third-order valence-corrected chi connectivity index (χ3v) is 8.28. The average Bonchev–Trinajstić information content (AvgIpc) is 2.64. The van der Waals surface area contributed by atoms with E-state index in [2.05, 4.69) is 10.3 Å². The van der Waals surface area contributed by atoms with Gasteiger partial charge in [0.05, 0.1) is 19.3 Å². The number of carbonyl (C=O) groups excluding carboxylic acids is 1. The van der Waals surface area contributed by atoms with Gasteiger partial charge >= 0.3 is 28.1 Å². The van der Waals surface area contributed by atoms with Crippen LogP contribution in [0.3, 0.4) is 0 Å². The molecule has 1 aliphatic rings. The molecule has 1 fully saturated rings. The SMILES string of the molecule is CC(=O)Nc1ccn([C@H]2CN(S(=O)(=O)C(F)(F)F)C[C@@H](CO[P@](=O)(Cl)N(C)C)O2)c(=O)n1. The molecule has 182 valence electrons. The van der Waals surface area contributed by atoms with Crippen molar-refractivity contribution >= 4 is 39.9 Å². The Bertz CT molecular complexity index is 1070. The van der Waals surface area contributed by atoms with E-state index in [9.17, 15) is 35.7 Å². The smallest absolute Gasteiger partial charge is 0.349 e. The molecule has 0 saturated carbocycles. The van der Waals surface area contributed by atoms with Crippen LogP contribution >= 0.6 is 18.1 Å². The minimum atomic E-state index is -5.79. The molecule has 12 nitrogen and oxygen atoms in total. The molecule has 0 radical (unpaired) electrons. The van der Waals surface area contributed by atoms with Crippen molar-refractivity contribution in [1.29, 1.82) is 0 Å². The molecule has 2 rings (SSSR count). The summed E-state index contributed by atoms with van der Waals surface area (Å²) in [7, 11) is -3.12. The quantitative estimate of drug-likeness (QED) is 0.519. The number of amides is 1. The van der Waals surface area contributed by atoms with E-state index >= 15 is 0 Å². The van der Waals surface area contributed by atoms with Crippen LogP contribution in [0.15, 0.2) is 17.1 Å². The van der Waals surface area contributed by atoms with Gasteiger partial charge in [0, 0.05) is 19.7 Å². The molecular weight excluding hydrogens is 506 g/mol. The van der Waals surface area contributed by atoms with Gasteiger partial charge < -0.3 is 14.6 Å². The topological polar surface area (TPSA) is 140 Å². The zero-order chi connectivity index (χ0) is 24.5. The third-order valence-electron chi connectivity index (χ3n) is 4.09. The van der Waals surface area contributed by atoms with Crippen molar-refractivity contribution in [1.82, 2.24) is 18.5 Å². The Kier molecular flexibility index (Phi) is 8.13. The molecule has 1 aromatic heterocycles. The van der Waals surface area contributed by atoms with E-state index in [1.807, 2.05) is 0 Å². The fourth-order valence-corrected chi connectivity index (χ4v) is 4.27. The van der Waals surface area contributed by atoms with Gasteiger partial charge in [-0.1, -0.05) is 0 Å². The molecule has 0 aromatic carbocycles. The number of hydrogen-bond acceptors (Lipinski definition) is 8. The Balaban J connectivity index is 2.36. The Hall–Kier alpha value is -1.55. The van der Waals surface area contributed by atoms with Gasteiger partial charge in [-0.05, 0) is 31.4 Å². The van der Waals surface area contributed by atoms with Crippen LogP contribution in [0, 0.1) is 0 Å². The van der Waals surface area contributed by atoms with E-state index in [0.29, 0.717) is 0 Å². The van der Waals surface area contributed by atoms with Crippen LogP contribution in [0.25, 0.3) is 0 Å². The summed E-state index contributed by atoms with van der Waals surface area (Å²) in [4.78, 5) is 27.0. The van der Waals surface area contributed by atoms with Crippen LogP contribution in [0.5, 0.6) is 0 Å². The fourth-order valence-electron chi connectivity index (χ4n) is 2.54. The summed E-state index contributed by atoms with van der Waals surface area (Å²) in [6.45, 7) is -4.96. The van der Waals surface area contributed by atoms with E-state index in [4.69, 9.17) is 20.5 Å². The first kappa shape index (κ1) is 26.7.